The van der Waals surface area contributed by atoms with E-state index in [-0.39, 0.29) is 25.1 Å². The predicted octanol–water partition coefficient (Wildman–Crippen LogP) is 4.14. The standard InChI is InChI=1S/C20H32F3N3O4/c1-18(2,13-29-16-8-5-6-11-28-16)14-12-15(30-26-14)25-17(27)19(3,4)24-10-7-9-20(21,22)23/h12,16,24H,5-11,13H2,1-4H3,(H,25,27). The van der Waals surface area contributed by atoms with E-state index >= 15 is 0 Å². The van der Waals surface area contributed by atoms with Crippen LogP contribution in [0.3, 0.4) is 0 Å². The van der Waals surface area contributed by atoms with E-state index in [1.165, 1.54) is 0 Å². The molecular weight excluding hydrogens is 403 g/mol. The van der Waals surface area contributed by atoms with Gasteiger partial charge >= 0.3 is 6.18 Å². The van der Waals surface area contributed by atoms with Crippen LogP contribution in [0.2, 0.25) is 0 Å². The van der Waals surface area contributed by atoms with Gasteiger partial charge in [-0.2, -0.15) is 13.2 Å². The number of anilines is 1. The predicted molar refractivity (Wildman–Crippen MR) is 105 cm³/mol. The van der Waals surface area contributed by atoms with Crippen LogP contribution in [-0.4, -0.2) is 48.8 Å². The van der Waals surface area contributed by atoms with Crippen LogP contribution >= 0.6 is 0 Å². The molecule has 0 bridgehead atoms. The number of halogens is 3. The van der Waals surface area contributed by atoms with E-state index in [2.05, 4.69) is 15.8 Å². The fourth-order valence-electron chi connectivity index (χ4n) is 2.91. The van der Waals surface area contributed by atoms with E-state index in [1.807, 2.05) is 13.8 Å². The maximum atomic E-state index is 12.5. The Morgan fingerprint density at radius 3 is 2.63 bits per heavy atom. The van der Waals surface area contributed by atoms with Crippen LogP contribution in [0.15, 0.2) is 10.6 Å². The number of nitrogens with zero attached hydrogens (tertiary/aromatic N) is 1. The fraction of sp³-hybridized carbons (Fsp3) is 0.800. The van der Waals surface area contributed by atoms with Gasteiger partial charge in [0.05, 0.1) is 17.8 Å². The number of hydrogen-bond acceptors (Lipinski definition) is 6. The van der Waals surface area contributed by atoms with Crippen molar-refractivity contribution in [2.75, 3.05) is 25.1 Å². The van der Waals surface area contributed by atoms with Crippen LogP contribution in [0.25, 0.3) is 0 Å². The average molecular weight is 435 g/mol. The maximum Gasteiger partial charge on any atom is 0.389 e. The molecule has 0 saturated carbocycles. The summed E-state index contributed by atoms with van der Waals surface area (Å²) in [6.45, 7) is 8.23. The molecule has 1 aromatic rings. The Morgan fingerprint density at radius 2 is 2.00 bits per heavy atom. The van der Waals surface area contributed by atoms with Gasteiger partial charge in [0.15, 0.2) is 6.29 Å². The van der Waals surface area contributed by atoms with Gasteiger partial charge in [-0.1, -0.05) is 19.0 Å². The lowest BCUT2D eigenvalue weighted by atomic mass is 9.90. The Balaban J connectivity index is 1.84. The first-order chi connectivity index (χ1) is 13.9. The minimum Gasteiger partial charge on any atom is -0.353 e. The molecule has 1 aliphatic rings. The van der Waals surface area contributed by atoms with Crippen molar-refractivity contribution < 1.29 is 32.0 Å². The molecule has 0 aliphatic carbocycles. The Hall–Kier alpha value is -1.65. The van der Waals surface area contributed by atoms with E-state index < -0.39 is 29.5 Å². The van der Waals surface area contributed by atoms with Crippen molar-refractivity contribution in [2.45, 2.75) is 83.2 Å². The summed E-state index contributed by atoms with van der Waals surface area (Å²) in [6.07, 6.45) is -2.44. The number of amides is 1. The van der Waals surface area contributed by atoms with E-state index in [9.17, 15) is 18.0 Å². The van der Waals surface area contributed by atoms with Crippen molar-refractivity contribution in [3.63, 3.8) is 0 Å². The van der Waals surface area contributed by atoms with Crippen LogP contribution in [0.4, 0.5) is 19.1 Å². The molecule has 0 radical (unpaired) electrons. The van der Waals surface area contributed by atoms with Crippen LogP contribution < -0.4 is 10.6 Å². The topological polar surface area (TPSA) is 85.6 Å². The van der Waals surface area contributed by atoms with Crippen LogP contribution in [0.1, 0.15) is 65.5 Å². The minimum atomic E-state index is -4.20. The van der Waals surface area contributed by atoms with Gasteiger partial charge in [-0.15, -0.1) is 0 Å². The quantitative estimate of drug-likeness (QED) is 0.537. The largest absolute Gasteiger partial charge is 0.389 e. The molecule has 2 heterocycles. The molecule has 2 rings (SSSR count). The third-order valence-corrected chi connectivity index (χ3v) is 4.98. The van der Waals surface area contributed by atoms with Gasteiger partial charge in [0.2, 0.25) is 11.8 Å². The molecule has 1 aliphatic heterocycles. The van der Waals surface area contributed by atoms with Crippen LogP contribution in [0.5, 0.6) is 0 Å². The van der Waals surface area contributed by atoms with Crippen molar-refractivity contribution in [2.24, 2.45) is 0 Å². The molecule has 172 valence electrons. The SMILES string of the molecule is CC(C)(NCCCC(F)(F)F)C(=O)Nc1cc(C(C)(C)COC2CCCCO2)no1. The molecule has 0 aromatic carbocycles. The van der Waals surface area contributed by atoms with E-state index in [4.69, 9.17) is 14.0 Å². The van der Waals surface area contributed by atoms with Gasteiger partial charge in [-0.25, -0.2) is 0 Å². The highest BCUT2D eigenvalue weighted by molar-refractivity contribution is 5.96. The molecule has 7 nitrogen and oxygen atoms in total. The summed E-state index contributed by atoms with van der Waals surface area (Å²) in [5.74, 6) is -0.260. The molecule has 0 spiro atoms. The van der Waals surface area contributed by atoms with Crippen LogP contribution in [0, 0.1) is 0 Å². The number of alkyl halides is 3. The van der Waals surface area contributed by atoms with Crippen molar-refractivity contribution in [1.29, 1.82) is 0 Å². The first-order valence-corrected chi connectivity index (χ1v) is 10.2. The highest BCUT2D eigenvalue weighted by Gasteiger charge is 2.32. The average Bonchev–Trinajstić information content (AvgIpc) is 3.13. The molecule has 1 unspecified atom stereocenters. The second-order valence-electron chi connectivity index (χ2n) is 8.79. The molecule has 1 saturated heterocycles. The number of rotatable bonds is 10. The normalized spacial score (nSPS) is 18.4. The van der Waals surface area contributed by atoms with Crippen molar-refractivity contribution in [3.05, 3.63) is 11.8 Å². The fourth-order valence-corrected chi connectivity index (χ4v) is 2.91. The third-order valence-electron chi connectivity index (χ3n) is 4.98. The first kappa shape index (κ1) is 24.6. The molecule has 30 heavy (non-hydrogen) atoms. The maximum absolute atomic E-state index is 12.5. The zero-order chi connectivity index (χ0) is 22.4. The Labute approximate surface area is 175 Å². The van der Waals surface area contributed by atoms with E-state index in [1.54, 1.807) is 19.9 Å². The summed E-state index contributed by atoms with van der Waals surface area (Å²) in [5.41, 5.74) is -0.918. The molecule has 10 heteroatoms. The number of carbonyl (C=O) groups excluding carboxylic acids is 1. The van der Waals surface area contributed by atoms with Gasteiger partial charge < -0.3 is 19.3 Å². The van der Waals surface area contributed by atoms with Gasteiger partial charge in [-0.05, 0) is 46.1 Å². The smallest absolute Gasteiger partial charge is 0.353 e. The van der Waals surface area contributed by atoms with Gasteiger partial charge in [0, 0.05) is 24.5 Å². The van der Waals surface area contributed by atoms with Crippen molar-refractivity contribution in [3.8, 4) is 0 Å². The zero-order valence-corrected chi connectivity index (χ0v) is 18.0. The number of nitrogens with one attached hydrogen (secondary N) is 2. The Bertz CT molecular complexity index is 683. The summed E-state index contributed by atoms with van der Waals surface area (Å²) in [7, 11) is 0. The molecule has 1 aromatic heterocycles. The summed E-state index contributed by atoms with van der Waals surface area (Å²) >= 11 is 0. The molecule has 1 atom stereocenters. The second kappa shape index (κ2) is 10.1. The molecular formula is C20H32F3N3O4. The van der Waals surface area contributed by atoms with Crippen LogP contribution in [-0.2, 0) is 19.7 Å². The monoisotopic (exact) mass is 435 g/mol. The molecule has 2 N–H and O–H groups in total. The minimum absolute atomic E-state index is 0.0647. The zero-order valence-electron chi connectivity index (χ0n) is 18.0. The molecule has 1 fully saturated rings. The summed E-state index contributed by atoms with van der Waals surface area (Å²) in [5, 5.41) is 9.49. The molecule has 1 amide bonds. The van der Waals surface area contributed by atoms with Gasteiger partial charge in [0.1, 0.15) is 0 Å². The second-order valence-corrected chi connectivity index (χ2v) is 8.79. The van der Waals surface area contributed by atoms with Crippen molar-refractivity contribution >= 4 is 11.8 Å². The summed E-state index contributed by atoms with van der Waals surface area (Å²) < 4.78 is 53.4. The Morgan fingerprint density at radius 1 is 1.27 bits per heavy atom. The lowest BCUT2D eigenvalue weighted by Crippen LogP contribution is -2.50. The number of carbonyl (C=O) groups is 1. The number of aromatic nitrogens is 1. The number of ether oxygens (including phenoxy) is 2. The summed E-state index contributed by atoms with van der Waals surface area (Å²) in [6, 6.07) is 1.63. The van der Waals surface area contributed by atoms with Gasteiger partial charge in [0.25, 0.3) is 0 Å². The number of hydrogen-bond donors (Lipinski definition) is 2. The highest BCUT2D eigenvalue weighted by Crippen LogP contribution is 2.27. The first-order valence-electron chi connectivity index (χ1n) is 10.2. The van der Waals surface area contributed by atoms with E-state index in [0.29, 0.717) is 18.9 Å². The van der Waals surface area contributed by atoms with Gasteiger partial charge in [-0.3, -0.25) is 10.1 Å². The lowest BCUT2D eigenvalue weighted by molar-refractivity contribution is -0.170. The van der Waals surface area contributed by atoms with Crippen molar-refractivity contribution in [1.82, 2.24) is 10.5 Å². The highest BCUT2D eigenvalue weighted by atomic mass is 19.4. The lowest BCUT2D eigenvalue weighted by Gasteiger charge is -2.28. The van der Waals surface area contributed by atoms with E-state index in [0.717, 1.165) is 19.3 Å². The third kappa shape index (κ3) is 7.88. The summed E-state index contributed by atoms with van der Waals surface area (Å²) in [4.78, 5) is 12.5. The Kier molecular flexibility index (Phi) is 8.29.